The first-order valence-electron chi connectivity index (χ1n) is 6.36. The molecular weight excluding hydrogens is 156 g/mol. The first-order chi connectivity index (χ1) is 6.36. The third-order valence-corrected chi connectivity index (χ3v) is 5.25. The van der Waals surface area contributed by atoms with Crippen LogP contribution in [0.3, 0.4) is 0 Å². The first kappa shape index (κ1) is 8.32. The predicted octanol–water partition coefficient (Wildman–Crippen LogP) is 3.86. The van der Waals surface area contributed by atoms with Crippen LogP contribution in [-0.2, 0) is 0 Å². The zero-order valence-corrected chi connectivity index (χ0v) is 8.84. The average molecular weight is 178 g/mol. The van der Waals surface area contributed by atoms with Gasteiger partial charge in [-0.15, -0.1) is 0 Å². The molecule has 0 saturated heterocycles. The monoisotopic (exact) mass is 178 g/mol. The standard InChI is InChI=1S/C13H22/c1-9-8-11-7-6-10-4-2-3-5-12(10)13(9)11/h9-13H,2-8H2,1H3. The molecule has 0 heteroatoms. The van der Waals surface area contributed by atoms with E-state index in [-0.39, 0.29) is 0 Å². The van der Waals surface area contributed by atoms with Crippen LogP contribution in [0.4, 0.5) is 0 Å². The fourth-order valence-corrected chi connectivity index (χ4v) is 4.67. The van der Waals surface area contributed by atoms with Crippen molar-refractivity contribution >= 4 is 0 Å². The molecule has 3 aliphatic rings. The van der Waals surface area contributed by atoms with Crippen LogP contribution in [0.1, 0.15) is 51.9 Å². The Morgan fingerprint density at radius 3 is 2.46 bits per heavy atom. The molecular formula is C13H22. The van der Waals surface area contributed by atoms with E-state index < -0.39 is 0 Å². The van der Waals surface area contributed by atoms with Crippen molar-refractivity contribution in [3.63, 3.8) is 0 Å². The fourth-order valence-electron chi connectivity index (χ4n) is 4.67. The maximum absolute atomic E-state index is 2.50. The van der Waals surface area contributed by atoms with E-state index in [2.05, 4.69) is 6.92 Å². The largest absolute Gasteiger partial charge is 0.0622 e. The van der Waals surface area contributed by atoms with Gasteiger partial charge in [0.2, 0.25) is 0 Å². The highest BCUT2D eigenvalue weighted by atomic mass is 14.5. The van der Waals surface area contributed by atoms with Crippen molar-refractivity contribution in [2.24, 2.45) is 29.6 Å². The Kier molecular flexibility index (Phi) is 1.92. The second-order valence-corrected chi connectivity index (χ2v) is 5.84. The average Bonchev–Trinajstić information content (AvgIpc) is 2.14. The molecule has 3 aliphatic carbocycles. The van der Waals surface area contributed by atoms with Gasteiger partial charge in [0.15, 0.2) is 0 Å². The van der Waals surface area contributed by atoms with Crippen molar-refractivity contribution in [2.75, 3.05) is 0 Å². The second-order valence-electron chi connectivity index (χ2n) is 5.84. The summed E-state index contributed by atoms with van der Waals surface area (Å²) in [5.74, 6) is 5.72. The highest BCUT2D eigenvalue weighted by Gasteiger charge is 2.48. The zero-order valence-electron chi connectivity index (χ0n) is 8.84. The summed E-state index contributed by atoms with van der Waals surface area (Å²) in [7, 11) is 0. The first-order valence-corrected chi connectivity index (χ1v) is 6.36. The quantitative estimate of drug-likeness (QED) is 0.528. The minimum atomic E-state index is 1.08. The van der Waals surface area contributed by atoms with Crippen LogP contribution in [0.15, 0.2) is 0 Å². The molecule has 3 fully saturated rings. The molecule has 0 heterocycles. The normalized spacial score (nSPS) is 54.7. The molecule has 0 radical (unpaired) electrons. The maximum atomic E-state index is 2.50. The van der Waals surface area contributed by atoms with Gasteiger partial charge in [-0.1, -0.05) is 26.2 Å². The van der Waals surface area contributed by atoms with Crippen molar-refractivity contribution in [3.05, 3.63) is 0 Å². The van der Waals surface area contributed by atoms with Crippen LogP contribution in [0.5, 0.6) is 0 Å². The van der Waals surface area contributed by atoms with Gasteiger partial charge in [0.05, 0.1) is 0 Å². The van der Waals surface area contributed by atoms with E-state index in [9.17, 15) is 0 Å². The summed E-state index contributed by atoms with van der Waals surface area (Å²) in [5.41, 5.74) is 0. The number of hydrogen-bond acceptors (Lipinski definition) is 0. The highest BCUT2D eigenvalue weighted by Crippen LogP contribution is 2.57. The summed E-state index contributed by atoms with van der Waals surface area (Å²) in [6, 6.07) is 0. The molecule has 3 rings (SSSR count). The number of fused-ring (bicyclic) bond motifs is 3. The van der Waals surface area contributed by atoms with E-state index in [0.29, 0.717) is 0 Å². The van der Waals surface area contributed by atoms with Crippen LogP contribution in [-0.4, -0.2) is 0 Å². The van der Waals surface area contributed by atoms with E-state index in [1.165, 1.54) is 18.8 Å². The van der Waals surface area contributed by atoms with Gasteiger partial charge >= 0.3 is 0 Å². The maximum Gasteiger partial charge on any atom is -0.0329 e. The summed E-state index contributed by atoms with van der Waals surface area (Å²) in [6.07, 6.45) is 10.9. The van der Waals surface area contributed by atoms with Gasteiger partial charge in [0.1, 0.15) is 0 Å². The molecule has 74 valence electrons. The Balaban J connectivity index is 1.76. The Bertz CT molecular complexity index is 196. The minimum Gasteiger partial charge on any atom is -0.0622 e. The van der Waals surface area contributed by atoms with E-state index in [0.717, 1.165) is 23.7 Å². The molecule has 0 N–H and O–H groups in total. The van der Waals surface area contributed by atoms with Crippen LogP contribution in [0.25, 0.3) is 0 Å². The van der Waals surface area contributed by atoms with Crippen LogP contribution >= 0.6 is 0 Å². The van der Waals surface area contributed by atoms with Crippen LogP contribution < -0.4 is 0 Å². The molecule has 0 aromatic rings. The van der Waals surface area contributed by atoms with E-state index in [1.54, 1.807) is 32.1 Å². The molecule has 0 nitrogen and oxygen atoms in total. The molecule has 0 aromatic carbocycles. The van der Waals surface area contributed by atoms with Crippen molar-refractivity contribution in [3.8, 4) is 0 Å². The molecule has 0 amide bonds. The van der Waals surface area contributed by atoms with Gasteiger partial charge in [-0.25, -0.2) is 0 Å². The summed E-state index contributed by atoms with van der Waals surface area (Å²) in [5, 5.41) is 0. The second kappa shape index (κ2) is 3.00. The van der Waals surface area contributed by atoms with Gasteiger partial charge < -0.3 is 0 Å². The van der Waals surface area contributed by atoms with Crippen molar-refractivity contribution in [1.29, 1.82) is 0 Å². The number of rotatable bonds is 0. The molecule has 3 saturated carbocycles. The number of hydrogen-bond donors (Lipinski definition) is 0. The lowest BCUT2D eigenvalue weighted by Gasteiger charge is -2.55. The van der Waals surface area contributed by atoms with Gasteiger partial charge in [-0.3, -0.25) is 0 Å². The smallest absolute Gasteiger partial charge is 0.0329 e. The molecule has 0 spiro atoms. The SMILES string of the molecule is CC1CC2CCC3CCCCC3C12. The third kappa shape index (κ3) is 1.17. The lowest BCUT2D eigenvalue weighted by Crippen LogP contribution is -2.47. The fraction of sp³-hybridized carbons (Fsp3) is 1.00. The summed E-state index contributed by atoms with van der Waals surface area (Å²) >= 11 is 0. The topological polar surface area (TPSA) is 0 Å². The highest BCUT2D eigenvalue weighted by molar-refractivity contribution is 4.98. The van der Waals surface area contributed by atoms with E-state index >= 15 is 0 Å². The van der Waals surface area contributed by atoms with E-state index in [4.69, 9.17) is 0 Å². The lowest BCUT2D eigenvalue weighted by atomic mass is 9.50. The molecule has 0 aliphatic heterocycles. The minimum absolute atomic E-state index is 1.08. The Hall–Kier alpha value is 0. The van der Waals surface area contributed by atoms with Gasteiger partial charge in [0, 0.05) is 0 Å². The molecule has 0 aromatic heterocycles. The zero-order chi connectivity index (χ0) is 8.84. The summed E-state index contributed by atoms with van der Waals surface area (Å²) in [6.45, 7) is 2.50. The Morgan fingerprint density at radius 1 is 0.846 bits per heavy atom. The lowest BCUT2D eigenvalue weighted by molar-refractivity contribution is -0.0572. The van der Waals surface area contributed by atoms with Crippen molar-refractivity contribution in [2.45, 2.75) is 51.9 Å². The van der Waals surface area contributed by atoms with Gasteiger partial charge in [0.25, 0.3) is 0 Å². The Labute approximate surface area is 82.1 Å². The Morgan fingerprint density at radius 2 is 1.62 bits per heavy atom. The molecule has 0 bridgehead atoms. The van der Waals surface area contributed by atoms with E-state index in [1.807, 2.05) is 0 Å². The van der Waals surface area contributed by atoms with Crippen molar-refractivity contribution < 1.29 is 0 Å². The van der Waals surface area contributed by atoms with Crippen LogP contribution in [0, 0.1) is 29.6 Å². The molecule has 5 unspecified atom stereocenters. The van der Waals surface area contributed by atoms with Gasteiger partial charge in [-0.2, -0.15) is 0 Å². The third-order valence-electron chi connectivity index (χ3n) is 5.25. The van der Waals surface area contributed by atoms with Crippen LogP contribution in [0.2, 0.25) is 0 Å². The van der Waals surface area contributed by atoms with Gasteiger partial charge in [-0.05, 0) is 55.3 Å². The summed E-state index contributed by atoms with van der Waals surface area (Å²) in [4.78, 5) is 0. The van der Waals surface area contributed by atoms with Crippen molar-refractivity contribution in [1.82, 2.24) is 0 Å². The molecule has 13 heavy (non-hydrogen) atoms. The predicted molar refractivity (Wildman–Crippen MR) is 55.4 cm³/mol. The summed E-state index contributed by atoms with van der Waals surface area (Å²) < 4.78 is 0. The molecule has 5 atom stereocenters.